The predicted octanol–water partition coefficient (Wildman–Crippen LogP) is 5.94. The highest BCUT2D eigenvalue weighted by Gasteiger charge is 2.29. The Morgan fingerprint density at radius 1 is 1.09 bits per heavy atom. The summed E-state index contributed by atoms with van der Waals surface area (Å²) in [7, 11) is 0. The molecule has 0 aromatic heterocycles. The maximum Gasteiger partial charge on any atom is 0.261 e. The Bertz CT molecular complexity index is 916. The highest BCUT2D eigenvalue weighted by atomic mass is 79.9. The zero-order valence-corrected chi connectivity index (χ0v) is 21.7. The van der Waals surface area contributed by atoms with E-state index in [1.165, 1.54) is 5.56 Å². The van der Waals surface area contributed by atoms with E-state index in [-0.39, 0.29) is 31.0 Å². The van der Waals surface area contributed by atoms with Crippen LogP contribution in [0.4, 0.5) is 0 Å². The number of carbonyl (C=O) groups is 2. The van der Waals surface area contributed by atoms with Crippen LogP contribution in [0, 0.1) is 0 Å². The number of halogens is 2. The molecule has 0 saturated carbocycles. The lowest BCUT2D eigenvalue weighted by atomic mass is 10.0. The van der Waals surface area contributed by atoms with Crippen molar-refractivity contribution in [1.29, 1.82) is 0 Å². The van der Waals surface area contributed by atoms with Crippen LogP contribution in [0.2, 0.25) is 5.02 Å². The van der Waals surface area contributed by atoms with Gasteiger partial charge in [-0.2, -0.15) is 0 Å². The Labute approximate surface area is 204 Å². The summed E-state index contributed by atoms with van der Waals surface area (Å²) in [4.78, 5) is 27.7. The lowest BCUT2D eigenvalue weighted by molar-refractivity contribution is -0.143. The quantitative estimate of drug-likeness (QED) is 0.419. The van der Waals surface area contributed by atoms with Gasteiger partial charge in [0.2, 0.25) is 5.91 Å². The number of hydrogen-bond acceptors (Lipinski definition) is 3. The normalized spacial score (nSPS) is 12.0. The van der Waals surface area contributed by atoms with E-state index in [2.05, 4.69) is 35.1 Å². The molecular formula is C25H32BrClN2O3. The van der Waals surface area contributed by atoms with E-state index in [4.69, 9.17) is 16.3 Å². The van der Waals surface area contributed by atoms with Gasteiger partial charge in [-0.1, -0.05) is 50.6 Å². The number of rotatable bonds is 10. The maximum atomic E-state index is 13.2. The Hall–Kier alpha value is -2.05. The molecule has 0 aliphatic rings. The molecular weight excluding hydrogens is 492 g/mol. The second kappa shape index (κ2) is 12.3. The summed E-state index contributed by atoms with van der Waals surface area (Å²) >= 11 is 9.53. The lowest BCUT2D eigenvalue weighted by Gasteiger charge is -2.31. The number of amides is 2. The van der Waals surface area contributed by atoms with Gasteiger partial charge < -0.3 is 15.0 Å². The monoisotopic (exact) mass is 522 g/mol. The van der Waals surface area contributed by atoms with Gasteiger partial charge in [0.15, 0.2) is 6.61 Å². The minimum absolute atomic E-state index is 0.0179. The summed E-state index contributed by atoms with van der Waals surface area (Å²) in [6, 6.07) is 12.5. The van der Waals surface area contributed by atoms with Gasteiger partial charge in [-0.15, -0.1) is 0 Å². The standard InChI is InChI=1S/C25H32BrClN2O3/c1-6-22(25(31)28-17(4)5)29(14-18-7-10-20(27)11-8-18)24(30)15-32-23-12-9-19(16(2)3)13-21(23)26/h7-13,16-17,22H,6,14-15H2,1-5H3,(H,28,31). The topological polar surface area (TPSA) is 58.6 Å². The van der Waals surface area contributed by atoms with E-state index >= 15 is 0 Å². The highest BCUT2D eigenvalue weighted by Crippen LogP contribution is 2.29. The van der Waals surface area contributed by atoms with Gasteiger partial charge in [-0.3, -0.25) is 9.59 Å². The van der Waals surface area contributed by atoms with Crippen LogP contribution in [-0.2, 0) is 16.1 Å². The van der Waals surface area contributed by atoms with E-state index in [1.807, 2.05) is 51.1 Å². The molecule has 1 unspecified atom stereocenters. The van der Waals surface area contributed by atoms with Crippen molar-refractivity contribution in [2.45, 2.75) is 65.6 Å². The van der Waals surface area contributed by atoms with Gasteiger partial charge in [0.05, 0.1) is 4.47 Å². The van der Waals surface area contributed by atoms with Crippen molar-refractivity contribution in [2.75, 3.05) is 6.61 Å². The van der Waals surface area contributed by atoms with Gasteiger partial charge >= 0.3 is 0 Å². The van der Waals surface area contributed by atoms with Crippen LogP contribution >= 0.6 is 27.5 Å². The molecule has 1 atom stereocenters. The van der Waals surface area contributed by atoms with E-state index in [0.29, 0.717) is 23.1 Å². The number of hydrogen-bond donors (Lipinski definition) is 1. The Morgan fingerprint density at radius 3 is 2.28 bits per heavy atom. The predicted molar refractivity (Wildman–Crippen MR) is 133 cm³/mol. The largest absolute Gasteiger partial charge is 0.483 e. The van der Waals surface area contributed by atoms with Crippen LogP contribution < -0.4 is 10.1 Å². The molecule has 0 radical (unpaired) electrons. The summed E-state index contributed by atoms with van der Waals surface area (Å²) in [5, 5.41) is 3.54. The molecule has 0 aliphatic carbocycles. The molecule has 7 heteroatoms. The highest BCUT2D eigenvalue weighted by molar-refractivity contribution is 9.10. The summed E-state index contributed by atoms with van der Waals surface area (Å²) in [6.45, 7) is 10.1. The average molecular weight is 524 g/mol. The number of nitrogens with zero attached hydrogens (tertiary/aromatic N) is 1. The van der Waals surface area contributed by atoms with Crippen molar-refractivity contribution in [2.24, 2.45) is 0 Å². The first-order valence-electron chi connectivity index (χ1n) is 10.9. The summed E-state index contributed by atoms with van der Waals surface area (Å²) in [6.07, 6.45) is 0.491. The molecule has 1 N–H and O–H groups in total. The van der Waals surface area contributed by atoms with Gasteiger partial charge in [-0.25, -0.2) is 0 Å². The van der Waals surface area contributed by atoms with E-state index < -0.39 is 6.04 Å². The van der Waals surface area contributed by atoms with Crippen LogP contribution in [-0.4, -0.2) is 35.4 Å². The smallest absolute Gasteiger partial charge is 0.261 e. The minimum Gasteiger partial charge on any atom is -0.483 e. The van der Waals surface area contributed by atoms with Crippen LogP contribution in [0.3, 0.4) is 0 Å². The molecule has 2 aromatic rings. The van der Waals surface area contributed by atoms with Gasteiger partial charge in [0, 0.05) is 17.6 Å². The first-order chi connectivity index (χ1) is 15.1. The van der Waals surface area contributed by atoms with Gasteiger partial charge in [0.1, 0.15) is 11.8 Å². The van der Waals surface area contributed by atoms with E-state index in [9.17, 15) is 9.59 Å². The molecule has 0 heterocycles. The van der Waals surface area contributed by atoms with E-state index in [1.54, 1.807) is 17.0 Å². The summed E-state index contributed by atoms with van der Waals surface area (Å²) < 4.78 is 6.63. The molecule has 2 amide bonds. The third kappa shape index (κ3) is 7.52. The summed E-state index contributed by atoms with van der Waals surface area (Å²) in [5.74, 6) is 0.549. The number of carbonyl (C=O) groups excluding carboxylic acids is 2. The molecule has 174 valence electrons. The van der Waals surface area contributed by atoms with Crippen molar-refractivity contribution >= 4 is 39.3 Å². The van der Waals surface area contributed by atoms with Crippen molar-refractivity contribution in [3.05, 3.63) is 63.1 Å². The molecule has 0 aliphatic heterocycles. The molecule has 32 heavy (non-hydrogen) atoms. The molecule has 0 fully saturated rings. The fraction of sp³-hybridized carbons (Fsp3) is 0.440. The molecule has 0 saturated heterocycles. The molecule has 5 nitrogen and oxygen atoms in total. The zero-order chi connectivity index (χ0) is 23.8. The molecule has 0 bridgehead atoms. The van der Waals surface area contributed by atoms with E-state index in [0.717, 1.165) is 10.0 Å². The fourth-order valence-electron chi connectivity index (χ4n) is 3.30. The van der Waals surface area contributed by atoms with Crippen molar-refractivity contribution in [3.8, 4) is 5.75 Å². The van der Waals surface area contributed by atoms with Crippen LogP contribution in [0.5, 0.6) is 5.75 Å². The fourth-order valence-corrected chi connectivity index (χ4v) is 3.94. The zero-order valence-electron chi connectivity index (χ0n) is 19.3. The van der Waals surface area contributed by atoms with Gasteiger partial charge in [0.25, 0.3) is 5.91 Å². The maximum absolute atomic E-state index is 13.2. The second-order valence-electron chi connectivity index (χ2n) is 8.37. The second-order valence-corrected chi connectivity index (χ2v) is 9.66. The molecule has 2 rings (SSSR count). The van der Waals surface area contributed by atoms with Crippen LogP contribution in [0.15, 0.2) is 46.9 Å². The van der Waals surface area contributed by atoms with Crippen LogP contribution in [0.25, 0.3) is 0 Å². The third-order valence-electron chi connectivity index (χ3n) is 5.06. The number of ether oxygens (including phenoxy) is 1. The number of benzene rings is 2. The minimum atomic E-state index is -0.601. The Morgan fingerprint density at radius 2 is 1.75 bits per heavy atom. The van der Waals surface area contributed by atoms with Crippen molar-refractivity contribution in [3.63, 3.8) is 0 Å². The third-order valence-corrected chi connectivity index (χ3v) is 5.93. The van der Waals surface area contributed by atoms with Crippen molar-refractivity contribution in [1.82, 2.24) is 10.2 Å². The Kier molecular flexibility index (Phi) is 10.0. The van der Waals surface area contributed by atoms with Gasteiger partial charge in [-0.05, 0) is 77.5 Å². The number of nitrogens with one attached hydrogen (secondary N) is 1. The molecule has 2 aromatic carbocycles. The SMILES string of the molecule is CCC(C(=O)NC(C)C)N(Cc1ccc(Cl)cc1)C(=O)COc1ccc(C(C)C)cc1Br. The summed E-state index contributed by atoms with van der Waals surface area (Å²) in [5.41, 5.74) is 2.07. The average Bonchev–Trinajstić information content (AvgIpc) is 2.73. The Balaban J connectivity index is 2.22. The van der Waals surface area contributed by atoms with Crippen LogP contribution in [0.1, 0.15) is 58.1 Å². The van der Waals surface area contributed by atoms with Crippen molar-refractivity contribution < 1.29 is 14.3 Å². The first kappa shape index (κ1) is 26.2. The molecule has 0 spiro atoms. The lowest BCUT2D eigenvalue weighted by Crippen LogP contribution is -2.51. The first-order valence-corrected chi connectivity index (χ1v) is 12.1.